The first-order chi connectivity index (χ1) is 8.45. The van der Waals surface area contributed by atoms with Gasteiger partial charge in [0.1, 0.15) is 0 Å². The smallest absolute Gasteiger partial charge is 0.627 e. The van der Waals surface area contributed by atoms with E-state index in [1.54, 1.807) is 12.2 Å². The van der Waals surface area contributed by atoms with Gasteiger partial charge in [0.25, 0.3) is 0 Å². The van der Waals surface area contributed by atoms with E-state index in [0.29, 0.717) is 12.1 Å². The monoisotopic (exact) mass is 335 g/mol. The predicted molar refractivity (Wildman–Crippen MR) is 81.5 cm³/mol. The van der Waals surface area contributed by atoms with Crippen molar-refractivity contribution in [2.75, 3.05) is 0 Å². The van der Waals surface area contributed by atoms with Crippen LogP contribution in [-0.4, -0.2) is 5.91 Å². The normalized spacial score (nSPS) is 11.2. The van der Waals surface area contributed by atoms with Crippen LogP contribution in [0.2, 0.25) is 0 Å². The molecule has 0 aromatic rings. The molecule has 0 aromatic carbocycles. The Morgan fingerprint density at radius 2 is 1.84 bits per heavy atom. The summed E-state index contributed by atoms with van der Waals surface area (Å²) in [5.41, 5.74) is 0.642. The van der Waals surface area contributed by atoms with Crippen LogP contribution in [0.4, 0.5) is 0 Å². The zero-order chi connectivity index (χ0) is 14.6. The first kappa shape index (κ1) is 24.5. The summed E-state index contributed by atoms with van der Waals surface area (Å²) in [7, 11) is 0. The van der Waals surface area contributed by atoms with Crippen molar-refractivity contribution in [3.8, 4) is 0 Å². The molecule has 2 nitrogen and oxygen atoms in total. The summed E-state index contributed by atoms with van der Waals surface area (Å²) in [6, 6.07) is 0. The number of carbonyl (C=O) groups is 1. The zero-order valence-electron chi connectivity index (χ0n) is 13.8. The second-order valence-electron chi connectivity index (χ2n) is 4.52. The van der Waals surface area contributed by atoms with Gasteiger partial charge in [-0.2, -0.15) is 0 Å². The Labute approximate surface area is 168 Å². The quantitative estimate of drug-likeness (QED) is 0.686. The Kier molecular flexibility index (Phi) is 19.2. The summed E-state index contributed by atoms with van der Waals surface area (Å²) in [4.78, 5) is 11.7. The van der Waals surface area contributed by atoms with E-state index in [0.717, 1.165) is 6.42 Å². The maximum Gasteiger partial charge on any atom is 1.00 e. The molecule has 0 saturated carbocycles. The van der Waals surface area contributed by atoms with Gasteiger partial charge in [-0.25, -0.2) is 0 Å². The molecule has 0 heterocycles. The number of amides is 1. The average Bonchev–Trinajstić information content (AvgIpc) is 2.36. The van der Waals surface area contributed by atoms with Crippen LogP contribution >= 0.6 is 0 Å². The third kappa shape index (κ3) is 14.7. The number of rotatable bonds is 6. The summed E-state index contributed by atoms with van der Waals surface area (Å²) in [6.45, 7) is 15.8. The Balaban J connectivity index is -0.000000809. The largest absolute Gasteiger partial charge is 1.00 e. The second-order valence-corrected chi connectivity index (χ2v) is 4.52. The average molecular weight is 336 g/mol. The topological polar surface area (TPSA) is 31.2 Å². The molecule has 0 bridgehead atoms. The first-order valence-corrected chi connectivity index (χ1v) is 6.65. The molecular weight excluding hydrogens is 308 g/mol. The molecule has 0 saturated heterocycles. The molecule has 0 rings (SSSR count). The van der Waals surface area contributed by atoms with Crippen molar-refractivity contribution in [1.82, 2.24) is 0 Å². The summed E-state index contributed by atoms with van der Waals surface area (Å²) < 4.78 is 0. The van der Waals surface area contributed by atoms with Gasteiger partial charge in [0.15, 0.2) is 0 Å². The van der Waals surface area contributed by atoms with Crippen LogP contribution in [0.15, 0.2) is 36.6 Å². The number of hydrogen-bond donors (Lipinski definition) is 0. The summed E-state index contributed by atoms with van der Waals surface area (Å²) in [6.07, 6.45) is 8.56. The fourth-order valence-electron chi connectivity index (χ4n) is 1.06. The van der Waals surface area contributed by atoms with E-state index in [-0.39, 0.29) is 69.5 Å². The molecule has 0 aliphatic heterocycles. The summed E-state index contributed by atoms with van der Waals surface area (Å²) in [5, 5.41) is 4.02. The minimum atomic E-state index is -0.0810. The minimum Gasteiger partial charge on any atom is -0.627 e. The Morgan fingerprint density at radius 3 is 2.21 bits per heavy atom. The van der Waals surface area contributed by atoms with Gasteiger partial charge in [0.2, 0.25) is 0 Å². The van der Waals surface area contributed by atoms with Crippen molar-refractivity contribution in [3.63, 3.8) is 0 Å². The van der Waals surface area contributed by atoms with Crippen molar-refractivity contribution in [2.45, 2.75) is 54.4 Å². The van der Waals surface area contributed by atoms with Crippen molar-refractivity contribution >= 4 is 5.91 Å². The fourth-order valence-corrected chi connectivity index (χ4v) is 1.06. The van der Waals surface area contributed by atoms with E-state index in [1.807, 2.05) is 32.9 Å². The van der Waals surface area contributed by atoms with Gasteiger partial charge in [-0.3, -0.25) is 0 Å². The molecule has 0 unspecified atom stereocenters. The van der Waals surface area contributed by atoms with Crippen LogP contribution < -0.4 is 58.2 Å². The molecule has 0 fully saturated rings. The van der Waals surface area contributed by atoms with Gasteiger partial charge >= 0.3 is 58.2 Å². The van der Waals surface area contributed by atoms with Crippen molar-refractivity contribution in [1.29, 1.82) is 0 Å². The maximum absolute atomic E-state index is 11.7. The minimum absolute atomic E-state index is 0. The molecule has 0 radical (unpaired) electrons. The molecule has 19 heavy (non-hydrogen) atoms. The molecule has 0 N–H and O–H groups in total. The molecule has 3 heteroatoms. The molecule has 0 aliphatic carbocycles. The fraction of sp³-hybridized carbons (Fsp3) is 0.562. The van der Waals surface area contributed by atoms with E-state index >= 15 is 0 Å². The summed E-state index contributed by atoms with van der Waals surface area (Å²) in [5.74, 6) is -0.0810. The van der Waals surface area contributed by atoms with E-state index < -0.39 is 0 Å². The van der Waals surface area contributed by atoms with Gasteiger partial charge in [0, 0.05) is 0 Å². The molecule has 0 aliphatic rings. The van der Waals surface area contributed by atoms with E-state index in [1.165, 1.54) is 0 Å². The van der Waals surface area contributed by atoms with Gasteiger partial charge in [-0.1, -0.05) is 65.3 Å². The molecular formula is C16H28NORb. The molecule has 0 atom stereocenters. The Bertz CT molecular complexity index is 304. The number of hydrogen-bond acceptors (Lipinski definition) is 1. The van der Waals surface area contributed by atoms with Gasteiger partial charge < -0.3 is 10.1 Å². The Morgan fingerprint density at radius 1 is 1.32 bits per heavy atom. The van der Waals surface area contributed by atoms with Crippen LogP contribution in [0.25, 0.3) is 5.32 Å². The predicted octanol–water partition coefficient (Wildman–Crippen LogP) is 2.39. The van der Waals surface area contributed by atoms with Gasteiger partial charge in [0.05, 0.1) is 5.91 Å². The third-order valence-electron chi connectivity index (χ3n) is 2.51. The Hall–Kier alpha value is 0.495. The number of allylic oxidation sites excluding steroid dienone is 4. The molecule has 104 valence electrons. The summed E-state index contributed by atoms with van der Waals surface area (Å²) >= 11 is 0. The van der Waals surface area contributed by atoms with Crippen LogP contribution in [-0.2, 0) is 4.79 Å². The third-order valence-corrected chi connectivity index (χ3v) is 2.51. The number of carbonyl (C=O) groups excluding carboxylic acids is 1. The van der Waals surface area contributed by atoms with E-state index in [4.69, 9.17) is 0 Å². The van der Waals surface area contributed by atoms with Crippen LogP contribution in [0, 0.1) is 5.41 Å². The van der Waals surface area contributed by atoms with Crippen molar-refractivity contribution in [2.24, 2.45) is 5.41 Å². The number of nitrogens with zero attached hydrogens (tertiary/aromatic N) is 1. The van der Waals surface area contributed by atoms with Crippen LogP contribution in [0.3, 0.4) is 0 Å². The van der Waals surface area contributed by atoms with Crippen molar-refractivity contribution < 1.29 is 63.0 Å². The van der Waals surface area contributed by atoms with Crippen LogP contribution in [0.1, 0.15) is 54.4 Å². The van der Waals surface area contributed by atoms with E-state index in [2.05, 4.69) is 32.7 Å². The molecule has 0 aromatic heterocycles. The zero-order valence-corrected chi connectivity index (χ0v) is 18.7. The first-order valence-electron chi connectivity index (χ1n) is 6.65. The van der Waals surface area contributed by atoms with Gasteiger partial charge in [-0.15, -0.1) is 12.3 Å². The molecule has 0 spiro atoms. The van der Waals surface area contributed by atoms with E-state index in [9.17, 15) is 4.79 Å². The second kappa shape index (κ2) is 14.9. The van der Waals surface area contributed by atoms with Crippen molar-refractivity contribution in [3.05, 3.63) is 41.9 Å². The maximum atomic E-state index is 11.7. The standard InChI is InChI=1S/C14H23NO.C2H6.Rb/c1-6-9-10-12(7-2)15-13(16)11-14(4,5)8-3;1-2;/h6-7,9-10H,2,8,11H2,1,3-5H3,(H,15,16);1-2H3;/q;;+1/p-1/b9-6-,12-10+;;. The SMILES string of the molecule is C=C/C(=C\C=C/C)[N-]C(=O)CC(C)(C)CC.CC.[Rb+]. The van der Waals surface area contributed by atoms with Crippen LogP contribution in [0.5, 0.6) is 0 Å². The molecule has 1 amide bonds. The van der Waals surface area contributed by atoms with Gasteiger partial charge in [-0.05, 0) is 18.8 Å².